The number of hydrogen-bond acceptors (Lipinski definition) is 16. The number of pyridine rings is 6. The Bertz CT molecular complexity index is 7410. The normalized spacial score (nSPS) is 10.9. The number of halogens is 8. The highest BCUT2D eigenvalue weighted by atomic mass is 35.5. The van der Waals surface area contributed by atoms with Crippen LogP contribution in [0.15, 0.2) is 334 Å². The number of nitrogens with two attached hydrogens (primary N) is 2. The number of aromatic nitrogens is 6. The summed E-state index contributed by atoms with van der Waals surface area (Å²) in [5, 5.41) is 41.2. The molecule has 0 saturated carbocycles. The van der Waals surface area contributed by atoms with Gasteiger partial charge in [0.2, 0.25) is 0 Å². The second-order valence-electron chi connectivity index (χ2n) is 30.2. The molecule has 0 radical (unpaired) electrons. The molecule has 666 valence electrons. The first-order chi connectivity index (χ1) is 65.1. The lowest BCUT2D eigenvalue weighted by Crippen LogP contribution is -2.23. The fourth-order valence-corrected chi connectivity index (χ4v) is 16.5. The fourth-order valence-electron chi connectivity index (χ4n) is 14.5. The molecule has 0 unspecified atom stereocenters. The van der Waals surface area contributed by atoms with Crippen LogP contribution >= 0.6 is 92.8 Å². The molecule has 0 bridgehead atoms. The maximum atomic E-state index is 13.0. The first-order valence-corrected chi connectivity index (χ1v) is 44.7. The van der Waals surface area contributed by atoms with Gasteiger partial charge in [-0.25, -0.2) is 4.98 Å². The van der Waals surface area contributed by atoms with Crippen molar-refractivity contribution in [3.8, 4) is 45.0 Å². The predicted molar refractivity (Wildman–Crippen MR) is 544 cm³/mol. The van der Waals surface area contributed by atoms with Crippen LogP contribution in [0.1, 0.15) is 74.2 Å². The summed E-state index contributed by atoms with van der Waals surface area (Å²) in [6, 6.07) is 90.2. The van der Waals surface area contributed by atoms with Crippen LogP contribution in [0.2, 0.25) is 40.2 Å². The second-order valence-corrected chi connectivity index (χ2v) is 33.5. The van der Waals surface area contributed by atoms with Crippen molar-refractivity contribution in [2.45, 2.75) is 26.2 Å². The molecule has 12 aromatic carbocycles. The average Bonchev–Trinajstić information content (AvgIpc) is 0.798. The largest absolute Gasteiger partial charge is 0.395 e. The van der Waals surface area contributed by atoms with E-state index in [1.54, 1.807) is 177 Å². The number of hydrogen-bond donors (Lipinski definition) is 10. The number of aliphatic hydroxyl groups excluding tert-OH is 1. The number of nitrogen functional groups attached to an aromatic ring is 1. The lowest BCUT2D eigenvalue weighted by atomic mass is 10.0. The Labute approximate surface area is 810 Å². The number of amides is 5. The van der Waals surface area contributed by atoms with Gasteiger partial charge in [0.1, 0.15) is 11.5 Å². The molecule has 0 aliphatic rings. The van der Waals surface area contributed by atoms with Gasteiger partial charge in [-0.15, -0.1) is 0 Å². The van der Waals surface area contributed by atoms with E-state index in [4.69, 9.17) is 109 Å². The number of carbonyl (C=O) groups excluding carboxylic acids is 5. The van der Waals surface area contributed by atoms with Crippen molar-refractivity contribution in [1.29, 1.82) is 0 Å². The fraction of sp³-hybridized carbons (Fsp3) is 0.0571. The molecule has 21 nitrogen and oxygen atoms in total. The Morgan fingerprint density at radius 3 is 0.955 bits per heavy atom. The van der Waals surface area contributed by atoms with Gasteiger partial charge in [0.15, 0.2) is 0 Å². The third-order valence-corrected chi connectivity index (χ3v) is 23.8. The quantitative estimate of drug-likeness (QED) is 0.0266. The number of nitrogens with zero attached hydrogens (tertiary/aromatic N) is 6. The smallest absolute Gasteiger partial charge is 0.270 e. The molecule has 29 heteroatoms. The maximum Gasteiger partial charge on any atom is 0.270 e. The molecule has 6 aromatic heterocycles. The number of fused-ring (bicyclic) bond motifs is 4. The summed E-state index contributed by atoms with van der Waals surface area (Å²) in [6.45, 7) is 2.23. The zero-order valence-electron chi connectivity index (χ0n) is 70.8. The minimum atomic E-state index is -0.367. The van der Waals surface area contributed by atoms with Gasteiger partial charge in [-0.05, 0) is 214 Å². The van der Waals surface area contributed by atoms with E-state index >= 15 is 0 Å². The molecule has 6 heterocycles. The molecule has 18 aromatic rings. The molecule has 0 atom stereocenters. The average molecular weight is 1930 g/mol. The third-order valence-electron chi connectivity index (χ3n) is 21.2. The van der Waals surface area contributed by atoms with Gasteiger partial charge in [0, 0.05) is 130 Å². The van der Waals surface area contributed by atoms with Gasteiger partial charge >= 0.3 is 0 Å². The molecule has 12 N–H and O–H groups in total. The van der Waals surface area contributed by atoms with E-state index in [1.165, 1.54) is 0 Å². The van der Waals surface area contributed by atoms with E-state index in [1.807, 2.05) is 158 Å². The molecule has 5 amide bonds. The van der Waals surface area contributed by atoms with Crippen LogP contribution in [-0.4, -0.2) is 77.7 Å². The number of anilines is 6. The van der Waals surface area contributed by atoms with Gasteiger partial charge in [-0.2, -0.15) is 0 Å². The first kappa shape index (κ1) is 94.4. The van der Waals surface area contributed by atoms with E-state index in [-0.39, 0.29) is 47.7 Å². The summed E-state index contributed by atoms with van der Waals surface area (Å²) in [5.41, 5.74) is 25.5. The van der Waals surface area contributed by atoms with E-state index in [0.717, 1.165) is 110 Å². The highest BCUT2D eigenvalue weighted by Crippen LogP contribution is 2.40. The van der Waals surface area contributed by atoms with Crippen LogP contribution < -0.4 is 48.7 Å². The number of carbonyl (C=O) groups is 5. The Hall–Kier alpha value is -14.3. The van der Waals surface area contributed by atoms with Gasteiger partial charge in [-0.1, -0.05) is 220 Å². The van der Waals surface area contributed by atoms with E-state index in [9.17, 15) is 24.0 Å². The Morgan fingerprint density at radius 2 is 0.627 bits per heavy atom. The molecule has 18 rings (SSSR count). The van der Waals surface area contributed by atoms with Crippen molar-refractivity contribution in [3.63, 3.8) is 0 Å². The molecule has 0 aliphatic carbocycles. The lowest BCUT2D eigenvalue weighted by Gasteiger charge is -2.12. The van der Waals surface area contributed by atoms with Gasteiger partial charge in [0.05, 0.1) is 104 Å². The highest BCUT2D eigenvalue weighted by Gasteiger charge is 2.22. The highest BCUT2D eigenvalue weighted by molar-refractivity contribution is 6.38. The lowest BCUT2D eigenvalue weighted by molar-refractivity contribution is 0.0943. The topological polar surface area (TPSA) is 319 Å². The number of benzene rings is 12. The first-order valence-electron chi connectivity index (χ1n) is 41.7. The standard InChI is InChI=1S/C29H20Cl2N4O2.C28H21Cl2N5O.C25H21Cl2N3O2.C23H17Cl2N3O/c30-24-11-9-20(16-23(24)27-21-6-2-1-5-19(21)12-14-33-27)35-28(36)22-10-8-18(15-25(22)31)17-34-29(37)26-7-3-4-13-32-26;29-24-9-6-19(14-23(24)27-21-4-2-1-3-18(21)11-12-32-27)35-28(36)22-8-5-17(13-25(22)30)15-33-20-7-10-26(31)34-16-20;26-22-8-6-18(14-21(22)24-19-4-2-1-3-17(19)9-10-29-24)30-25(32)20-7-5-16(13-23(20)27)15-28-11-12-31;24-20-8-6-16(28-23(29)18-7-5-14(13-26)11-21(18)25)12-19(20)22-17-4-2-1-3-15(17)9-10-27-22/h1-16H,17H2,(H,34,37)(H,35,36);1-14,16,33H,15H2,(H2,31,34)(H,35,36);1-10,13-14,28,31H,11-12,15H2,(H,30,32);1-12H,13,26H2,(H,28,29). The van der Waals surface area contributed by atoms with Crippen LogP contribution in [0, 0.1) is 0 Å². The Kier molecular flexibility index (Phi) is 31.5. The summed E-state index contributed by atoms with van der Waals surface area (Å²) in [5.74, 6) is -1.14. The van der Waals surface area contributed by atoms with Gasteiger partial charge in [-0.3, -0.25) is 48.9 Å². The van der Waals surface area contributed by atoms with Crippen LogP contribution in [0.4, 0.5) is 34.3 Å². The maximum absolute atomic E-state index is 13.0. The molecule has 0 aliphatic heterocycles. The van der Waals surface area contributed by atoms with Gasteiger partial charge < -0.3 is 53.8 Å². The predicted octanol–water partition coefficient (Wildman–Crippen LogP) is 25.3. The summed E-state index contributed by atoms with van der Waals surface area (Å²) in [4.78, 5) is 90.1. The minimum Gasteiger partial charge on any atom is -0.395 e. The van der Waals surface area contributed by atoms with E-state index < -0.39 is 0 Å². The van der Waals surface area contributed by atoms with E-state index in [0.29, 0.717) is 123 Å². The van der Waals surface area contributed by atoms with Gasteiger partial charge in [0.25, 0.3) is 29.5 Å². The van der Waals surface area contributed by atoms with Crippen molar-refractivity contribution in [2.24, 2.45) is 5.73 Å². The number of rotatable bonds is 23. The molecule has 134 heavy (non-hydrogen) atoms. The summed E-state index contributed by atoms with van der Waals surface area (Å²) < 4.78 is 0. The SMILES string of the molecule is NCc1ccc(C(=O)Nc2ccc(Cl)c(-c3nccc4ccccc34)c2)c(Cl)c1.Nc1ccc(NCc2ccc(C(=O)Nc3ccc(Cl)c(-c4nccc5ccccc45)c3)c(Cl)c2)cn1.O=C(NCc1ccc(C(=O)Nc2ccc(Cl)c(-c3nccc4ccccc34)c2)c(Cl)c1)c1ccccn1.O=C(Nc1ccc(Cl)c(-c2nccc3ccccc23)c1)c1ccc(CNCCO)cc1Cl. The zero-order chi connectivity index (χ0) is 93.7. The van der Waals surface area contributed by atoms with Crippen LogP contribution in [-0.2, 0) is 26.2 Å². The van der Waals surface area contributed by atoms with Crippen LogP contribution in [0.5, 0.6) is 0 Å². The van der Waals surface area contributed by atoms with Crippen molar-refractivity contribution in [2.75, 3.05) is 45.5 Å². The molecular weight excluding hydrogens is 1850 g/mol. The third kappa shape index (κ3) is 23.6. The van der Waals surface area contributed by atoms with E-state index in [2.05, 4.69) is 67.1 Å². The van der Waals surface area contributed by atoms with Crippen LogP contribution in [0.3, 0.4) is 0 Å². The van der Waals surface area contributed by atoms with Crippen molar-refractivity contribution in [1.82, 2.24) is 40.5 Å². The molecular formula is C105H79Cl8N15O6. The summed E-state index contributed by atoms with van der Waals surface area (Å²) >= 11 is 51.4. The van der Waals surface area contributed by atoms with Crippen molar-refractivity contribution < 1.29 is 29.1 Å². The van der Waals surface area contributed by atoms with Crippen molar-refractivity contribution in [3.05, 3.63) is 425 Å². The summed E-state index contributed by atoms with van der Waals surface area (Å²) in [7, 11) is 0. The Morgan fingerprint density at radius 1 is 0.299 bits per heavy atom. The monoisotopic (exact) mass is 1930 g/mol. The Balaban J connectivity index is 0.000000137. The molecule has 0 saturated heterocycles. The van der Waals surface area contributed by atoms with Crippen molar-refractivity contribution >= 4 is 200 Å². The van der Waals surface area contributed by atoms with Crippen LogP contribution in [0.25, 0.3) is 88.1 Å². The number of nitrogens with one attached hydrogen (secondary N) is 7. The molecule has 0 fully saturated rings. The number of aliphatic hydroxyl groups is 1. The second kappa shape index (κ2) is 44.8. The minimum absolute atomic E-state index is 0.0611. The molecule has 0 spiro atoms. The zero-order valence-corrected chi connectivity index (χ0v) is 76.9. The summed E-state index contributed by atoms with van der Waals surface area (Å²) in [6.07, 6.45) is 10.2.